The van der Waals surface area contributed by atoms with Crippen LogP contribution in [0.4, 0.5) is 0 Å². The van der Waals surface area contributed by atoms with Gasteiger partial charge in [-0.05, 0) is 96.3 Å². The molecule has 0 aromatic carbocycles. The highest BCUT2D eigenvalue weighted by molar-refractivity contribution is 5.71. The third-order valence-corrected chi connectivity index (χ3v) is 11.9. The van der Waals surface area contributed by atoms with Crippen LogP contribution in [-0.4, -0.2) is 37.2 Å². The Labute approximate surface area is 414 Å². The molecule has 6 heteroatoms. The minimum absolute atomic E-state index is 0.0897. The molecule has 0 aliphatic carbocycles. The first kappa shape index (κ1) is 63.6. The molecule has 384 valence electrons. The Kier molecular flexibility index (Phi) is 52.4. The summed E-state index contributed by atoms with van der Waals surface area (Å²) in [5.74, 6) is -0.924. The second kappa shape index (κ2) is 55.2. The molecule has 6 nitrogen and oxygen atoms in total. The molecular formula is C61H104O6. The summed E-state index contributed by atoms with van der Waals surface area (Å²) >= 11 is 0. The Balaban J connectivity index is 4.40. The van der Waals surface area contributed by atoms with Crippen LogP contribution >= 0.6 is 0 Å². The first-order chi connectivity index (χ1) is 33.0. The number of esters is 3. The summed E-state index contributed by atoms with van der Waals surface area (Å²) in [6.07, 6.45) is 71.4. The molecule has 0 aliphatic rings. The summed E-state index contributed by atoms with van der Waals surface area (Å²) in [7, 11) is 0. The fourth-order valence-corrected chi connectivity index (χ4v) is 7.68. The molecule has 0 bridgehead atoms. The molecule has 0 aliphatic heterocycles. The molecule has 0 rings (SSSR count). The van der Waals surface area contributed by atoms with Gasteiger partial charge in [0, 0.05) is 19.3 Å². The maximum Gasteiger partial charge on any atom is 0.306 e. The predicted molar refractivity (Wildman–Crippen MR) is 288 cm³/mol. The summed E-state index contributed by atoms with van der Waals surface area (Å²) in [5, 5.41) is 0. The van der Waals surface area contributed by atoms with Crippen LogP contribution in [0.1, 0.15) is 265 Å². The van der Waals surface area contributed by atoms with E-state index >= 15 is 0 Å². The SMILES string of the molecule is CC/C=C\C/C=C\C/C=C\C/C=C\CCCCCCC(=O)OC(COC(=O)CCCCCCCC/C=C\C/C=C\C/C=C\CCCCCCC)COC(=O)CCCCCCCCCCCCC. The highest BCUT2D eigenvalue weighted by Crippen LogP contribution is 2.14. The van der Waals surface area contributed by atoms with E-state index in [0.29, 0.717) is 19.3 Å². The minimum atomic E-state index is -0.794. The van der Waals surface area contributed by atoms with E-state index in [2.05, 4.69) is 106 Å². The van der Waals surface area contributed by atoms with Gasteiger partial charge in [-0.3, -0.25) is 14.4 Å². The van der Waals surface area contributed by atoms with E-state index in [0.717, 1.165) is 116 Å². The van der Waals surface area contributed by atoms with Crippen LogP contribution in [0.5, 0.6) is 0 Å². The van der Waals surface area contributed by atoms with E-state index in [1.54, 1.807) is 0 Å². The van der Waals surface area contributed by atoms with Gasteiger partial charge in [0.15, 0.2) is 6.10 Å². The third-order valence-electron chi connectivity index (χ3n) is 11.9. The number of rotatable bonds is 50. The molecule has 0 aromatic rings. The summed E-state index contributed by atoms with van der Waals surface area (Å²) in [6, 6.07) is 0. The van der Waals surface area contributed by atoms with Gasteiger partial charge in [0.2, 0.25) is 0 Å². The highest BCUT2D eigenvalue weighted by atomic mass is 16.6. The van der Waals surface area contributed by atoms with E-state index in [9.17, 15) is 14.4 Å². The third kappa shape index (κ3) is 53.4. The molecule has 0 aromatic heterocycles. The number of carbonyl (C=O) groups is 3. The standard InChI is InChI=1S/C61H104O6/c1-4-7-10-13-16-19-22-24-26-28-29-30-31-33-34-36-39-42-45-48-51-54-60(63)66-57-58(56-65-59(62)53-50-47-44-41-38-21-18-15-12-9-6-3)67-61(64)55-52-49-46-43-40-37-35-32-27-25-23-20-17-14-11-8-5-2/h8,11,17,20,22,24-25,27-29,31,33,35,37,58H,4-7,9-10,12-16,18-19,21,23,26,30,32,34,36,38-57H2,1-3H3/b11-8-,20-17-,24-22-,27-25-,29-28-,33-31-,37-35-. The average molecular weight is 933 g/mol. The Morgan fingerprint density at radius 2 is 0.582 bits per heavy atom. The molecular weight excluding hydrogens is 829 g/mol. The monoisotopic (exact) mass is 933 g/mol. The first-order valence-electron chi connectivity index (χ1n) is 28.1. The molecule has 0 N–H and O–H groups in total. The van der Waals surface area contributed by atoms with Crippen LogP contribution in [0.15, 0.2) is 85.1 Å². The van der Waals surface area contributed by atoms with E-state index in [4.69, 9.17) is 14.2 Å². The van der Waals surface area contributed by atoms with Crippen molar-refractivity contribution in [3.63, 3.8) is 0 Å². The van der Waals surface area contributed by atoms with Crippen molar-refractivity contribution in [1.29, 1.82) is 0 Å². The number of allylic oxidation sites excluding steroid dienone is 14. The van der Waals surface area contributed by atoms with Gasteiger partial charge in [0.25, 0.3) is 0 Å². The average Bonchev–Trinajstić information content (AvgIpc) is 3.33. The van der Waals surface area contributed by atoms with Crippen molar-refractivity contribution in [1.82, 2.24) is 0 Å². The van der Waals surface area contributed by atoms with Crippen LogP contribution in [0.25, 0.3) is 0 Å². The fourth-order valence-electron chi connectivity index (χ4n) is 7.68. The lowest BCUT2D eigenvalue weighted by Crippen LogP contribution is -2.30. The number of unbranched alkanes of at least 4 members (excludes halogenated alkanes) is 25. The smallest absolute Gasteiger partial charge is 0.306 e. The van der Waals surface area contributed by atoms with Gasteiger partial charge < -0.3 is 14.2 Å². The largest absolute Gasteiger partial charge is 0.462 e. The molecule has 0 spiro atoms. The fraction of sp³-hybridized carbons (Fsp3) is 0.721. The van der Waals surface area contributed by atoms with Gasteiger partial charge in [-0.1, -0.05) is 234 Å². The van der Waals surface area contributed by atoms with Crippen LogP contribution in [0.2, 0.25) is 0 Å². The van der Waals surface area contributed by atoms with Crippen LogP contribution in [0.3, 0.4) is 0 Å². The summed E-state index contributed by atoms with van der Waals surface area (Å²) in [4.78, 5) is 38.1. The van der Waals surface area contributed by atoms with E-state index in [1.807, 2.05) is 0 Å². The summed E-state index contributed by atoms with van der Waals surface area (Å²) in [6.45, 7) is 6.48. The Bertz CT molecular complexity index is 1300. The molecule has 0 fully saturated rings. The van der Waals surface area contributed by atoms with Crippen LogP contribution in [-0.2, 0) is 28.6 Å². The topological polar surface area (TPSA) is 78.9 Å². The van der Waals surface area contributed by atoms with Crippen molar-refractivity contribution in [2.75, 3.05) is 13.2 Å². The second-order valence-corrected chi connectivity index (χ2v) is 18.5. The molecule has 0 saturated carbocycles. The molecule has 0 radical (unpaired) electrons. The highest BCUT2D eigenvalue weighted by Gasteiger charge is 2.19. The molecule has 0 amide bonds. The maximum atomic E-state index is 12.8. The quantitative estimate of drug-likeness (QED) is 0.0262. The summed E-state index contributed by atoms with van der Waals surface area (Å²) in [5.41, 5.74) is 0. The molecule has 0 heterocycles. The number of carbonyl (C=O) groups excluding carboxylic acids is 3. The maximum absolute atomic E-state index is 12.8. The van der Waals surface area contributed by atoms with Gasteiger partial charge in [0.05, 0.1) is 0 Å². The van der Waals surface area contributed by atoms with Gasteiger partial charge in [-0.2, -0.15) is 0 Å². The van der Waals surface area contributed by atoms with Crippen LogP contribution < -0.4 is 0 Å². The Morgan fingerprint density at radius 3 is 0.910 bits per heavy atom. The second-order valence-electron chi connectivity index (χ2n) is 18.5. The lowest BCUT2D eigenvalue weighted by Gasteiger charge is -2.18. The minimum Gasteiger partial charge on any atom is -0.462 e. The lowest BCUT2D eigenvalue weighted by atomic mass is 10.1. The summed E-state index contributed by atoms with van der Waals surface area (Å²) < 4.78 is 16.8. The Morgan fingerprint density at radius 1 is 0.313 bits per heavy atom. The zero-order valence-corrected chi connectivity index (χ0v) is 43.9. The lowest BCUT2D eigenvalue weighted by molar-refractivity contribution is -0.167. The zero-order valence-electron chi connectivity index (χ0n) is 43.9. The van der Waals surface area contributed by atoms with Gasteiger partial charge in [-0.15, -0.1) is 0 Å². The van der Waals surface area contributed by atoms with Crippen molar-refractivity contribution in [2.45, 2.75) is 271 Å². The van der Waals surface area contributed by atoms with Crippen LogP contribution in [0, 0.1) is 0 Å². The van der Waals surface area contributed by atoms with E-state index in [-0.39, 0.29) is 31.1 Å². The van der Waals surface area contributed by atoms with Crippen molar-refractivity contribution in [3.05, 3.63) is 85.1 Å². The predicted octanol–water partition coefficient (Wildman–Crippen LogP) is 18.8. The van der Waals surface area contributed by atoms with Crippen molar-refractivity contribution < 1.29 is 28.6 Å². The van der Waals surface area contributed by atoms with E-state index in [1.165, 1.54) is 109 Å². The van der Waals surface area contributed by atoms with Crippen molar-refractivity contribution >= 4 is 17.9 Å². The van der Waals surface area contributed by atoms with Gasteiger partial charge in [-0.25, -0.2) is 0 Å². The van der Waals surface area contributed by atoms with Gasteiger partial charge >= 0.3 is 17.9 Å². The zero-order chi connectivity index (χ0) is 48.6. The van der Waals surface area contributed by atoms with Gasteiger partial charge in [0.1, 0.15) is 13.2 Å². The van der Waals surface area contributed by atoms with E-state index < -0.39 is 6.10 Å². The molecule has 0 saturated heterocycles. The number of hydrogen-bond acceptors (Lipinski definition) is 6. The molecule has 1 atom stereocenters. The molecule has 67 heavy (non-hydrogen) atoms. The normalized spacial score (nSPS) is 12.7. The number of hydrogen-bond donors (Lipinski definition) is 0. The Hall–Kier alpha value is -3.41. The van der Waals surface area contributed by atoms with Crippen molar-refractivity contribution in [2.24, 2.45) is 0 Å². The first-order valence-corrected chi connectivity index (χ1v) is 28.1. The van der Waals surface area contributed by atoms with Crippen molar-refractivity contribution in [3.8, 4) is 0 Å². The molecule has 1 unspecified atom stereocenters. The number of ether oxygens (including phenoxy) is 3.